The number of benzene rings is 10. The van der Waals surface area contributed by atoms with Gasteiger partial charge in [0.15, 0.2) is 0 Å². The normalized spacial score (nSPS) is 13.5. The minimum Gasteiger partial charge on any atom is -0.457 e. The highest BCUT2D eigenvalue weighted by Gasteiger charge is 2.52. The Morgan fingerprint density at radius 1 is 0.315 bits per heavy atom. The monoisotopic (exact) mass is 684 g/mol. The summed E-state index contributed by atoms with van der Waals surface area (Å²) in [7, 11) is 0. The van der Waals surface area contributed by atoms with E-state index in [0.29, 0.717) is 0 Å². The molecule has 1 aliphatic carbocycles. The number of rotatable bonds is 2. The van der Waals surface area contributed by atoms with E-state index < -0.39 is 5.41 Å². The summed E-state index contributed by atoms with van der Waals surface area (Å²) in [6.07, 6.45) is 0. The highest BCUT2D eigenvalue weighted by Crippen LogP contribution is 2.65. The smallest absolute Gasteiger partial charge is 0.132 e. The van der Waals surface area contributed by atoms with E-state index in [0.717, 1.165) is 11.5 Å². The van der Waals surface area contributed by atoms with E-state index in [1.54, 1.807) is 0 Å². The maximum absolute atomic E-state index is 6.78. The third-order valence-electron chi connectivity index (χ3n) is 12.1. The molecule has 1 aliphatic heterocycles. The van der Waals surface area contributed by atoms with Gasteiger partial charge in [0.05, 0.1) is 5.41 Å². The van der Waals surface area contributed by atoms with Gasteiger partial charge in [-0.2, -0.15) is 0 Å². The topological polar surface area (TPSA) is 9.23 Å². The second-order valence-electron chi connectivity index (χ2n) is 14.7. The van der Waals surface area contributed by atoms with Crippen molar-refractivity contribution < 1.29 is 4.74 Å². The molecule has 1 nitrogen and oxygen atoms in total. The minimum absolute atomic E-state index is 0.621. The maximum atomic E-state index is 6.78. The summed E-state index contributed by atoms with van der Waals surface area (Å²) in [5.74, 6) is 1.80. The van der Waals surface area contributed by atoms with Crippen molar-refractivity contribution >= 4 is 43.1 Å². The maximum Gasteiger partial charge on any atom is 0.132 e. The van der Waals surface area contributed by atoms with Gasteiger partial charge in [-0.3, -0.25) is 0 Å². The predicted molar refractivity (Wildman–Crippen MR) is 225 cm³/mol. The molecule has 0 fully saturated rings. The molecular weight excluding hydrogens is 653 g/mol. The third kappa shape index (κ3) is 3.88. The summed E-state index contributed by atoms with van der Waals surface area (Å²) in [6, 6.07) is 71.6. The molecule has 0 atom stereocenters. The lowest BCUT2D eigenvalue weighted by atomic mass is 9.65. The van der Waals surface area contributed by atoms with Gasteiger partial charge in [0.2, 0.25) is 0 Å². The Hall–Kier alpha value is -6.96. The van der Waals surface area contributed by atoms with E-state index in [1.807, 2.05) is 0 Å². The lowest BCUT2D eigenvalue weighted by Gasteiger charge is -2.39. The first-order valence-electron chi connectivity index (χ1n) is 18.8. The number of hydrogen-bond acceptors (Lipinski definition) is 1. The summed E-state index contributed by atoms with van der Waals surface area (Å²) < 4.78 is 6.78. The van der Waals surface area contributed by atoms with E-state index in [9.17, 15) is 0 Å². The molecule has 1 spiro atoms. The average molecular weight is 685 g/mol. The van der Waals surface area contributed by atoms with Crippen molar-refractivity contribution in [2.75, 3.05) is 0 Å². The Labute approximate surface area is 313 Å². The fraction of sp³-hybridized carbons (Fsp3) is 0.0189. The molecule has 0 amide bonds. The van der Waals surface area contributed by atoms with Crippen molar-refractivity contribution in [3.8, 4) is 44.9 Å². The fourth-order valence-corrected chi connectivity index (χ4v) is 9.88. The number of hydrogen-bond donors (Lipinski definition) is 0. The summed E-state index contributed by atoms with van der Waals surface area (Å²) in [6.45, 7) is 0. The molecule has 2 aliphatic rings. The number of para-hydroxylation sites is 2. The molecule has 0 saturated heterocycles. The van der Waals surface area contributed by atoms with E-state index in [2.05, 4.69) is 194 Å². The Morgan fingerprint density at radius 3 is 1.70 bits per heavy atom. The van der Waals surface area contributed by atoms with Gasteiger partial charge in [-0.1, -0.05) is 164 Å². The first-order chi connectivity index (χ1) is 26.8. The lowest BCUT2D eigenvalue weighted by molar-refractivity contribution is 0.436. The molecule has 0 bridgehead atoms. The van der Waals surface area contributed by atoms with Crippen molar-refractivity contribution in [1.29, 1.82) is 0 Å². The fourth-order valence-electron chi connectivity index (χ4n) is 9.88. The van der Waals surface area contributed by atoms with Crippen LogP contribution in [0.3, 0.4) is 0 Å². The van der Waals surface area contributed by atoms with Crippen molar-refractivity contribution in [1.82, 2.24) is 0 Å². The SMILES string of the molecule is c1ccc(-c2cc3ccccc3c3c4c(ccc23)C2(c3ccccc3Oc3ccccc32)c2cc(-c3ccc5ccccc5c3)c3ccccc3c2-4)cc1. The van der Waals surface area contributed by atoms with Gasteiger partial charge >= 0.3 is 0 Å². The average Bonchev–Trinajstić information content (AvgIpc) is 3.54. The van der Waals surface area contributed by atoms with Gasteiger partial charge in [-0.05, 0) is 118 Å². The Kier molecular flexibility index (Phi) is 6.04. The predicted octanol–water partition coefficient (Wildman–Crippen LogP) is 14.1. The molecule has 0 N–H and O–H groups in total. The lowest BCUT2D eigenvalue weighted by Crippen LogP contribution is -2.32. The van der Waals surface area contributed by atoms with Gasteiger partial charge in [-0.25, -0.2) is 0 Å². The van der Waals surface area contributed by atoms with E-state index in [1.165, 1.54) is 98.7 Å². The van der Waals surface area contributed by atoms with Crippen LogP contribution in [0, 0.1) is 0 Å². The second-order valence-corrected chi connectivity index (χ2v) is 14.7. The van der Waals surface area contributed by atoms with Crippen LogP contribution in [0.4, 0.5) is 0 Å². The number of ether oxygens (including phenoxy) is 1. The van der Waals surface area contributed by atoms with Crippen molar-refractivity contribution in [2.24, 2.45) is 0 Å². The van der Waals surface area contributed by atoms with Crippen LogP contribution in [-0.2, 0) is 5.41 Å². The van der Waals surface area contributed by atoms with Crippen LogP contribution in [-0.4, -0.2) is 0 Å². The zero-order chi connectivity index (χ0) is 35.4. The van der Waals surface area contributed by atoms with Crippen LogP contribution in [0.5, 0.6) is 11.5 Å². The van der Waals surface area contributed by atoms with Crippen LogP contribution in [0.1, 0.15) is 22.3 Å². The highest BCUT2D eigenvalue weighted by atomic mass is 16.5. The molecule has 0 saturated carbocycles. The van der Waals surface area contributed by atoms with Crippen LogP contribution in [0.15, 0.2) is 194 Å². The molecule has 1 heterocycles. The first kappa shape index (κ1) is 29.6. The summed E-state index contributed by atoms with van der Waals surface area (Å²) in [5.41, 5.74) is 11.9. The molecule has 10 aromatic carbocycles. The molecule has 0 unspecified atom stereocenters. The largest absolute Gasteiger partial charge is 0.457 e. The van der Waals surface area contributed by atoms with Gasteiger partial charge in [0, 0.05) is 11.1 Å². The van der Waals surface area contributed by atoms with Crippen molar-refractivity contribution in [3.63, 3.8) is 0 Å². The van der Waals surface area contributed by atoms with Crippen LogP contribution in [0.25, 0.3) is 76.5 Å². The minimum atomic E-state index is -0.621. The van der Waals surface area contributed by atoms with Gasteiger partial charge in [-0.15, -0.1) is 0 Å². The standard InChI is InChI=1S/C53H32O/c1-2-15-34(16-3-1)42-31-36-18-6-7-19-38(36)50-41(42)28-29-46-52(50)51-40-21-9-8-20-39(40)43(37-27-26-33-14-4-5-17-35(33)30-37)32-47(51)53(46)44-22-10-12-24-48(44)54-49-25-13-11-23-45(49)53/h1-32H. The molecule has 0 aromatic heterocycles. The van der Waals surface area contributed by atoms with Crippen LogP contribution < -0.4 is 4.74 Å². The molecule has 12 rings (SSSR count). The number of fused-ring (bicyclic) bond motifs is 16. The summed E-state index contributed by atoms with van der Waals surface area (Å²) >= 11 is 0. The molecule has 10 aromatic rings. The third-order valence-corrected chi connectivity index (χ3v) is 12.1. The van der Waals surface area contributed by atoms with Gasteiger partial charge < -0.3 is 4.74 Å². The zero-order valence-electron chi connectivity index (χ0n) is 29.4. The molecule has 54 heavy (non-hydrogen) atoms. The molecule has 0 radical (unpaired) electrons. The zero-order valence-corrected chi connectivity index (χ0v) is 29.4. The highest BCUT2D eigenvalue weighted by molar-refractivity contribution is 6.24. The van der Waals surface area contributed by atoms with Gasteiger partial charge in [0.25, 0.3) is 0 Å². The summed E-state index contributed by atoms with van der Waals surface area (Å²) in [4.78, 5) is 0. The van der Waals surface area contributed by atoms with Crippen molar-refractivity contribution in [3.05, 3.63) is 216 Å². The Morgan fingerprint density at radius 2 is 0.926 bits per heavy atom. The quantitative estimate of drug-likeness (QED) is 0.165. The van der Waals surface area contributed by atoms with Gasteiger partial charge in [0.1, 0.15) is 11.5 Å². The van der Waals surface area contributed by atoms with Crippen LogP contribution in [0.2, 0.25) is 0 Å². The summed E-state index contributed by atoms with van der Waals surface area (Å²) in [5, 5.41) is 10.1. The molecule has 250 valence electrons. The molecular formula is C53H32O. The Bertz CT molecular complexity index is 3140. The van der Waals surface area contributed by atoms with E-state index >= 15 is 0 Å². The first-order valence-corrected chi connectivity index (χ1v) is 18.8. The second kappa shape index (κ2) is 11.0. The van der Waals surface area contributed by atoms with Crippen LogP contribution >= 0.6 is 0 Å². The van der Waals surface area contributed by atoms with Crippen molar-refractivity contribution in [2.45, 2.75) is 5.41 Å². The van der Waals surface area contributed by atoms with E-state index in [-0.39, 0.29) is 0 Å². The van der Waals surface area contributed by atoms with E-state index in [4.69, 9.17) is 4.74 Å². The molecule has 1 heteroatoms. The Balaban J connectivity index is 1.32.